The van der Waals surface area contributed by atoms with Crippen LogP contribution in [0.5, 0.6) is 0 Å². The van der Waals surface area contributed by atoms with Crippen LogP contribution in [-0.2, 0) is 10.0 Å². The van der Waals surface area contributed by atoms with Crippen molar-refractivity contribution in [2.45, 2.75) is 43.4 Å². The molecule has 0 unspecified atom stereocenters. The summed E-state index contributed by atoms with van der Waals surface area (Å²) in [5.41, 5.74) is 0. The molecule has 4 nitrogen and oxygen atoms in total. The molecule has 0 spiro atoms. The molecule has 2 N–H and O–H groups in total. The molecule has 1 saturated carbocycles. The standard InChI is InChI=1S/C10H20N2O2S/c1-12-7-3-5-8-4-2-6-9(10(8)12)15(11,13)14/h8-10H,2-7H2,1H3,(H2,11,13,14)/t8-,9-,10-/m0/s1. The number of piperidine rings is 1. The normalized spacial score (nSPS) is 38.7. The van der Waals surface area contributed by atoms with Crippen molar-refractivity contribution >= 4 is 10.0 Å². The summed E-state index contributed by atoms with van der Waals surface area (Å²) in [6.45, 7) is 1.01. The Morgan fingerprint density at radius 2 is 1.87 bits per heavy atom. The monoisotopic (exact) mass is 232 g/mol. The molecule has 2 aliphatic rings. The molecule has 1 aliphatic carbocycles. The van der Waals surface area contributed by atoms with E-state index in [0.29, 0.717) is 5.92 Å². The summed E-state index contributed by atoms with van der Waals surface area (Å²) in [7, 11) is -1.34. The van der Waals surface area contributed by atoms with E-state index < -0.39 is 10.0 Å². The molecular weight excluding hydrogens is 212 g/mol. The molecule has 1 saturated heterocycles. The first kappa shape index (κ1) is 11.4. The second kappa shape index (κ2) is 4.03. The molecule has 3 atom stereocenters. The van der Waals surface area contributed by atoms with Gasteiger partial charge >= 0.3 is 0 Å². The molecule has 1 aliphatic heterocycles. The summed E-state index contributed by atoms with van der Waals surface area (Å²) >= 11 is 0. The van der Waals surface area contributed by atoms with Crippen LogP contribution in [0.1, 0.15) is 32.1 Å². The molecule has 0 radical (unpaired) electrons. The predicted molar refractivity (Wildman–Crippen MR) is 59.9 cm³/mol. The number of hydrogen-bond acceptors (Lipinski definition) is 3. The maximum absolute atomic E-state index is 11.5. The van der Waals surface area contributed by atoms with E-state index in [4.69, 9.17) is 5.14 Å². The van der Waals surface area contributed by atoms with Gasteiger partial charge in [0.2, 0.25) is 10.0 Å². The lowest BCUT2D eigenvalue weighted by Crippen LogP contribution is -2.55. The molecule has 1 heterocycles. The average molecular weight is 232 g/mol. The second-order valence-corrected chi connectivity index (χ2v) is 6.72. The van der Waals surface area contributed by atoms with Gasteiger partial charge in [-0.3, -0.25) is 0 Å². The number of likely N-dealkylation sites (tertiary alicyclic amines) is 1. The zero-order chi connectivity index (χ0) is 11.1. The fraction of sp³-hybridized carbons (Fsp3) is 1.00. The molecule has 0 aromatic rings. The van der Waals surface area contributed by atoms with Crippen molar-refractivity contribution in [3.63, 3.8) is 0 Å². The molecule has 15 heavy (non-hydrogen) atoms. The maximum atomic E-state index is 11.5. The fourth-order valence-electron chi connectivity index (χ4n) is 3.30. The van der Waals surface area contributed by atoms with E-state index in [2.05, 4.69) is 4.90 Å². The predicted octanol–water partition coefficient (Wildman–Crippen LogP) is 0.538. The Hall–Kier alpha value is -0.130. The number of nitrogens with two attached hydrogens (primary N) is 1. The minimum absolute atomic E-state index is 0.169. The number of hydrogen-bond donors (Lipinski definition) is 1. The Bertz CT molecular complexity index is 326. The van der Waals surface area contributed by atoms with E-state index in [9.17, 15) is 8.42 Å². The van der Waals surface area contributed by atoms with E-state index >= 15 is 0 Å². The number of nitrogens with zero attached hydrogens (tertiary/aromatic N) is 1. The summed E-state index contributed by atoms with van der Waals surface area (Å²) in [4.78, 5) is 2.20. The smallest absolute Gasteiger partial charge is 0.213 e. The first-order valence-corrected chi connectivity index (χ1v) is 7.33. The fourth-order valence-corrected chi connectivity index (χ4v) is 4.61. The highest BCUT2D eigenvalue weighted by molar-refractivity contribution is 7.89. The molecule has 2 fully saturated rings. The average Bonchev–Trinajstić information content (AvgIpc) is 2.16. The number of fused-ring (bicyclic) bond motifs is 1. The van der Waals surface area contributed by atoms with Crippen LogP contribution in [-0.4, -0.2) is 38.2 Å². The SMILES string of the molecule is CN1CCC[C@@H]2CCC[C@H](S(N)(=O)=O)[C@H]21. The Labute approximate surface area is 91.9 Å². The Morgan fingerprint density at radius 1 is 1.20 bits per heavy atom. The Kier molecular flexibility index (Phi) is 3.05. The van der Waals surface area contributed by atoms with Gasteiger partial charge in [0.25, 0.3) is 0 Å². The van der Waals surface area contributed by atoms with Crippen LogP contribution in [0.15, 0.2) is 0 Å². The summed E-state index contributed by atoms with van der Waals surface area (Å²) in [5.74, 6) is 0.542. The topological polar surface area (TPSA) is 63.4 Å². The minimum atomic E-state index is -3.37. The highest BCUT2D eigenvalue weighted by Crippen LogP contribution is 2.36. The van der Waals surface area contributed by atoms with Crippen molar-refractivity contribution < 1.29 is 8.42 Å². The van der Waals surface area contributed by atoms with Crippen molar-refractivity contribution in [2.24, 2.45) is 11.1 Å². The van der Waals surface area contributed by atoms with Gasteiger partial charge < -0.3 is 4.90 Å². The van der Waals surface area contributed by atoms with Gasteiger partial charge in [-0.15, -0.1) is 0 Å². The van der Waals surface area contributed by atoms with Gasteiger partial charge in [0.1, 0.15) is 0 Å². The molecule has 0 bridgehead atoms. The highest BCUT2D eigenvalue weighted by atomic mass is 32.2. The van der Waals surface area contributed by atoms with Crippen molar-refractivity contribution in [3.8, 4) is 0 Å². The minimum Gasteiger partial charge on any atom is -0.302 e. The lowest BCUT2D eigenvalue weighted by atomic mass is 9.78. The molecular formula is C10H20N2O2S. The quantitative estimate of drug-likeness (QED) is 0.717. The Balaban J connectivity index is 2.24. The summed E-state index contributed by atoms with van der Waals surface area (Å²) < 4.78 is 23.1. The van der Waals surface area contributed by atoms with Crippen molar-refractivity contribution in [3.05, 3.63) is 0 Å². The highest BCUT2D eigenvalue weighted by Gasteiger charge is 2.42. The first-order valence-electron chi connectivity index (χ1n) is 5.72. The van der Waals surface area contributed by atoms with Crippen molar-refractivity contribution in [1.82, 2.24) is 4.90 Å². The van der Waals surface area contributed by atoms with E-state index in [-0.39, 0.29) is 11.3 Å². The van der Waals surface area contributed by atoms with Crippen LogP contribution < -0.4 is 5.14 Å². The van der Waals surface area contributed by atoms with Gasteiger partial charge in [0.05, 0.1) is 5.25 Å². The van der Waals surface area contributed by atoms with Crippen LogP contribution in [0, 0.1) is 5.92 Å². The van der Waals surface area contributed by atoms with Crippen LogP contribution in [0.4, 0.5) is 0 Å². The first-order chi connectivity index (χ1) is 7.00. The van der Waals surface area contributed by atoms with Crippen molar-refractivity contribution in [1.29, 1.82) is 0 Å². The van der Waals surface area contributed by atoms with Gasteiger partial charge in [-0.1, -0.05) is 6.42 Å². The van der Waals surface area contributed by atoms with Crippen LogP contribution in [0.3, 0.4) is 0 Å². The van der Waals surface area contributed by atoms with Gasteiger partial charge in [0.15, 0.2) is 0 Å². The number of primary sulfonamides is 1. The number of sulfonamides is 1. The summed E-state index contributed by atoms with van der Waals surface area (Å²) in [6, 6.07) is 0.169. The van der Waals surface area contributed by atoms with Crippen LogP contribution in [0.25, 0.3) is 0 Å². The third-order valence-corrected chi connectivity index (χ3v) is 5.30. The maximum Gasteiger partial charge on any atom is 0.213 e. The van der Waals surface area contributed by atoms with Crippen molar-refractivity contribution in [2.75, 3.05) is 13.6 Å². The van der Waals surface area contributed by atoms with Crippen LogP contribution >= 0.6 is 0 Å². The third kappa shape index (κ3) is 2.19. The van der Waals surface area contributed by atoms with E-state index in [1.165, 1.54) is 19.3 Å². The molecule has 88 valence electrons. The van der Waals surface area contributed by atoms with Gasteiger partial charge in [0, 0.05) is 6.04 Å². The number of rotatable bonds is 1. The largest absolute Gasteiger partial charge is 0.302 e. The molecule has 0 aromatic carbocycles. The van der Waals surface area contributed by atoms with Gasteiger partial charge in [-0.2, -0.15) is 0 Å². The third-order valence-electron chi connectivity index (χ3n) is 3.94. The van der Waals surface area contributed by atoms with E-state index in [1.807, 2.05) is 7.05 Å². The molecule has 0 aromatic heterocycles. The van der Waals surface area contributed by atoms with Crippen LogP contribution in [0.2, 0.25) is 0 Å². The Morgan fingerprint density at radius 3 is 2.53 bits per heavy atom. The molecule has 2 rings (SSSR count). The zero-order valence-electron chi connectivity index (χ0n) is 9.22. The summed E-state index contributed by atoms with van der Waals surface area (Å²) in [6.07, 6.45) is 5.28. The zero-order valence-corrected chi connectivity index (χ0v) is 10.0. The molecule has 0 amide bonds. The van der Waals surface area contributed by atoms with Gasteiger partial charge in [-0.05, 0) is 45.2 Å². The lowest BCUT2D eigenvalue weighted by molar-refractivity contribution is 0.0867. The lowest BCUT2D eigenvalue weighted by Gasteiger charge is -2.45. The molecule has 5 heteroatoms. The van der Waals surface area contributed by atoms with E-state index in [1.54, 1.807) is 0 Å². The second-order valence-electron chi connectivity index (χ2n) is 4.93. The van der Waals surface area contributed by atoms with E-state index in [0.717, 1.165) is 19.4 Å². The summed E-state index contributed by atoms with van der Waals surface area (Å²) in [5, 5.41) is 4.99. The van der Waals surface area contributed by atoms with Gasteiger partial charge in [-0.25, -0.2) is 13.6 Å².